The molecule has 0 spiro atoms. The van der Waals surface area contributed by atoms with Crippen LogP contribution in [0.3, 0.4) is 0 Å². The quantitative estimate of drug-likeness (QED) is 0.722. The molecule has 0 unspecified atom stereocenters. The number of hydrogen-bond donors (Lipinski definition) is 0. The maximum absolute atomic E-state index is 5.44. The molecule has 100 valence electrons. The summed E-state index contributed by atoms with van der Waals surface area (Å²) in [5, 5.41) is 0. The zero-order valence-corrected chi connectivity index (χ0v) is 12.2. The van der Waals surface area contributed by atoms with Gasteiger partial charge in [-0.2, -0.15) is 4.58 Å². The molecule has 0 fully saturated rings. The fourth-order valence-electron chi connectivity index (χ4n) is 3.09. The SMILES string of the molecule is CC1(C)CCC(C)(C)[N+](c2ccccc2)=C1C1=CO1. The van der Waals surface area contributed by atoms with Crippen molar-refractivity contribution in [1.82, 2.24) is 0 Å². The van der Waals surface area contributed by atoms with Crippen LogP contribution >= 0.6 is 0 Å². The fraction of sp³-hybridized carbons (Fsp3) is 0.471. The Kier molecular flexibility index (Phi) is 2.60. The second kappa shape index (κ2) is 3.96. The third kappa shape index (κ3) is 2.09. The highest BCUT2D eigenvalue weighted by molar-refractivity contribution is 6.01. The van der Waals surface area contributed by atoms with Crippen LogP contribution in [-0.2, 0) is 4.74 Å². The molecule has 0 aliphatic carbocycles. The van der Waals surface area contributed by atoms with Crippen LogP contribution in [0, 0.1) is 5.41 Å². The molecule has 0 atom stereocenters. The number of benzene rings is 1. The van der Waals surface area contributed by atoms with Crippen LogP contribution in [0.25, 0.3) is 0 Å². The highest BCUT2D eigenvalue weighted by Gasteiger charge is 2.51. The predicted octanol–water partition coefficient (Wildman–Crippen LogP) is 4.24. The summed E-state index contributed by atoms with van der Waals surface area (Å²) in [6.45, 7) is 9.27. The van der Waals surface area contributed by atoms with Gasteiger partial charge in [-0.1, -0.05) is 18.2 Å². The van der Waals surface area contributed by atoms with Crippen molar-refractivity contribution >= 4 is 11.4 Å². The maximum Gasteiger partial charge on any atom is 0.234 e. The number of hydrogen-bond acceptors (Lipinski definition) is 1. The lowest BCUT2D eigenvalue weighted by atomic mass is 9.74. The molecular weight excluding hydrogens is 234 g/mol. The Bertz CT molecular complexity index is 564. The van der Waals surface area contributed by atoms with Gasteiger partial charge in [-0.25, -0.2) is 0 Å². The van der Waals surface area contributed by atoms with Crippen molar-refractivity contribution in [2.45, 2.75) is 46.1 Å². The van der Waals surface area contributed by atoms with Crippen molar-refractivity contribution in [2.24, 2.45) is 5.41 Å². The predicted molar refractivity (Wildman–Crippen MR) is 77.6 cm³/mol. The highest BCUT2D eigenvalue weighted by Crippen LogP contribution is 2.43. The van der Waals surface area contributed by atoms with Gasteiger partial charge >= 0.3 is 0 Å². The van der Waals surface area contributed by atoms with Crippen LogP contribution in [0.1, 0.15) is 40.5 Å². The third-order valence-electron chi connectivity index (χ3n) is 4.32. The molecule has 1 aromatic carbocycles. The molecule has 0 amide bonds. The zero-order valence-electron chi connectivity index (χ0n) is 12.2. The summed E-state index contributed by atoms with van der Waals surface area (Å²) in [6, 6.07) is 10.6. The largest absolute Gasteiger partial charge is 0.451 e. The van der Waals surface area contributed by atoms with E-state index >= 15 is 0 Å². The number of nitrogens with zero attached hydrogens (tertiary/aromatic N) is 1. The van der Waals surface area contributed by atoms with E-state index in [1.807, 2.05) is 6.26 Å². The Morgan fingerprint density at radius 3 is 2.21 bits per heavy atom. The van der Waals surface area contributed by atoms with Crippen LogP contribution in [0.4, 0.5) is 5.69 Å². The fourth-order valence-corrected chi connectivity index (χ4v) is 3.09. The summed E-state index contributed by atoms with van der Waals surface area (Å²) in [5.41, 5.74) is 2.87. The summed E-state index contributed by atoms with van der Waals surface area (Å²) in [6.07, 6.45) is 4.25. The first-order chi connectivity index (χ1) is 8.92. The van der Waals surface area contributed by atoms with Gasteiger partial charge in [0.1, 0.15) is 6.26 Å². The van der Waals surface area contributed by atoms with Gasteiger partial charge in [0, 0.05) is 32.4 Å². The summed E-state index contributed by atoms with van der Waals surface area (Å²) in [5.74, 6) is 1.06. The molecule has 0 saturated heterocycles. The lowest BCUT2D eigenvalue weighted by molar-refractivity contribution is -0.536. The summed E-state index contributed by atoms with van der Waals surface area (Å²) in [7, 11) is 0. The molecule has 0 radical (unpaired) electrons. The Hall–Kier alpha value is -1.57. The molecule has 2 aliphatic heterocycles. The van der Waals surface area contributed by atoms with Crippen LogP contribution < -0.4 is 0 Å². The molecule has 2 nitrogen and oxygen atoms in total. The molecule has 19 heavy (non-hydrogen) atoms. The third-order valence-corrected chi connectivity index (χ3v) is 4.32. The van der Waals surface area contributed by atoms with Crippen molar-refractivity contribution in [1.29, 1.82) is 0 Å². The number of allylic oxidation sites excluding steroid dienone is 1. The van der Waals surface area contributed by atoms with Gasteiger partial charge in [-0.05, 0) is 20.3 Å². The Balaban J connectivity index is 2.25. The van der Waals surface area contributed by atoms with Crippen molar-refractivity contribution in [3.05, 3.63) is 42.4 Å². The first-order valence-corrected chi connectivity index (χ1v) is 7.02. The normalized spacial score (nSPS) is 23.7. The van der Waals surface area contributed by atoms with E-state index in [-0.39, 0.29) is 11.0 Å². The molecule has 0 saturated carbocycles. The minimum absolute atomic E-state index is 0.124. The average Bonchev–Trinajstić information content (AvgIpc) is 3.17. The Morgan fingerprint density at radius 1 is 1.00 bits per heavy atom. The van der Waals surface area contributed by atoms with Gasteiger partial charge in [0.2, 0.25) is 17.2 Å². The van der Waals surface area contributed by atoms with E-state index in [0.29, 0.717) is 0 Å². The van der Waals surface area contributed by atoms with Crippen LogP contribution in [0.15, 0.2) is 42.4 Å². The summed E-state index contributed by atoms with van der Waals surface area (Å²) in [4.78, 5) is 0. The minimum atomic E-state index is 0.124. The van der Waals surface area contributed by atoms with E-state index < -0.39 is 0 Å². The molecule has 1 aromatic rings. The number of rotatable bonds is 2. The van der Waals surface area contributed by atoms with E-state index in [4.69, 9.17) is 4.74 Å². The van der Waals surface area contributed by atoms with Gasteiger partial charge < -0.3 is 4.74 Å². The molecule has 0 N–H and O–H groups in total. The van der Waals surface area contributed by atoms with E-state index in [1.165, 1.54) is 24.2 Å². The lowest BCUT2D eigenvalue weighted by Gasteiger charge is -2.36. The lowest BCUT2D eigenvalue weighted by Crippen LogP contribution is -2.47. The van der Waals surface area contributed by atoms with Gasteiger partial charge in [0.15, 0.2) is 5.54 Å². The van der Waals surface area contributed by atoms with Crippen LogP contribution in [-0.4, -0.2) is 15.8 Å². The Morgan fingerprint density at radius 2 is 1.63 bits per heavy atom. The van der Waals surface area contributed by atoms with Crippen LogP contribution in [0.2, 0.25) is 0 Å². The van der Waals surface area contributed by atoms with Crippen LogP contribution in [0.5, 0.6) is 0 Å². The number of ether oxygens (including phenoxy) is 1. The molecule has 0 aromatic heterocycles. The first kappa shape index (κ1) is 12.5. The van der Waals surface area contributed by atoms with E-state index in [0.717, 1.165) is 5.76 Å². The molecule has 3 rings (SSSR count). The maximum atomic E-state index is 5.44. The van der Waals surface area contributed by atoms with E-state index in [1.54, 1.807) is 0 Å². The summed E-state index contributed by atoms with van der Waals surface area (Å²) >= 11 is 0. The molecule has 2 heterocycles. The first-order valence-electron chi connectivity index (χ1n) is 7.02. The van der Waals surface area contributed by atoms with E-state index in [9.17, 15) is 0 Å². The monoisotopic (exact) mass is 256 g/mol. The zero-order chi connectivity index (χ0) is 13.7. The van der Waals surface area contributed by atoms with Gasteiger partial charge in [0.05, 0.1) is 5.41 Å². The average molecular weight is 256 g/mol. The second-order valence-electron chi connectivity index (χ2n) is 6.82. The highest BCUT2D eigenvalue weighted by atomic mass is 16.5. The molecule has 2 heteroatoms. The topological polar surface area (TPSA) is 15.5 Å². The second-order valence-corrected chi connectivity index (χ2v) is 6.82. The molecule has 0 bridgehead atoms. The Labute approximate surface area is 115 Å². The van der Waals surface area contributed by atoms with Crippen molar-refractivity contribution in [3.63, 3.8) is 0 Å². The molecule has 2 aliphatic rings. The van der Waals surface area contributed by atoms with E-state index in [2.05, 4.69) is 62.6 Å². The van der Waals surface area contributed by atoms with Crippen molar-refractivity contribution < 1.29 is 9.31 Å². The van der Waals surface area contributed by atoms with Crippen molar-refractivity contribution in [2.75, 3.05) is 0 Å². The summed E-state index contributed by atoms with van der Waals surface area (Å²) < 4.78 is 7.91. The molecular formula is C17H22NO+. The minimum Gasteiger partial charge on any atom is -0.451 e. The van der Waals surface area contributed by atoms with Crippen molar-refractivity contribution in [3.8, 4) is 0 Å². The van der Waals surface area contributed by atoms with Gasteiger partial charge in [-0.3, -0.25) is 0 Å². The number of para-hydroxylation sites is 1. The standard InChI is InChI=1S/C17H22NO/c1-16(2)10-11-17(3,4)18(15(16)14-12-19-14)13-8-6-5-7-9-13/h5-9,12H,10-11H2,1-4H3/q+1. The van der Waals surface area contributed by atoms with Gasteiger partial charge in [-0.15, -0.1) is 0 Å². The van der Waals surface area contributed by atoms with Gasteiger partial charge in [0.25, 0.3) is 0 Å². The smallest absolute Gasteiger partial charge is 0.234 e.